The Balaban J connectivity index is 1.50. The Morgan fingerprint density at radius 3 is 2.74 bits per heavy atom. The Hall–Kier alpha value is -3.19. The second kappa shape index (κ2) is 7.20. The molecular weight excluding hydrogens is 358 g/mol. The van der Waals surface area contributed by atoms with Gasteiger partial charge in [0.25, 0.3) is 0 Å². The third-order valence-electron chi connectivity index (χ3n) is 4.19. The van der Waals surface area contributed by atoms with Crippen LogP contribution in [0.15, 0.2) is 52.9 Å². The molecule has 0 spiro atoms. The summed E-state index contributed by atoms with van der Waals surface area (Å²) >= 11 is 1.51. The monoisotopic (exact) mass is 377 g/mol. The topological polar surface area (TPSA) is 75.2 Å². The van der Waals surface area contributed by atoms with Gasteiger partial charge in [-0.2, -0.15) is 5.10 Å². The molecule has 7 heteroatoms. The Bertz CT molecular complexity index is 1110. The zero-order valence-electron chi connectivity index (χ0n) is 15.3. The predicted octanol–water partition coefficient (Wildman–Crippen LogP) is 4.84. The number of hydrogen-bond donors (Lipinski definition) is 2. The van der Waals surface area contributed by atoms with E-state index in [0.717, 1.165) is 44.7 Å². The van der Waals surface area contributed by atoms with Gasteiger partial charge in [-0.05, 0) is 55.8 Å². The molecule has 0 saturated carbocycles. The molecule has 27 heavy (non-hydrogen) atoms. The van der Waals surface area contributed by atoms with Crippen molar-refractivity contribution in [2.75, 3.05) is 12.5 Å². The van der Waals surface area contributed by atoms with Gasteiger partial charge in [-0.15, -0.1) is 11.3 Å². The fraction of sp³-hybridized carbons (Fsp3) is 0.150. The van der Waals surface area contributed by atoms with Crippen LogP contribution in [0.1, 0.15) is 18.3 Å². The second-order valence-electron chi connectivity index (χ2n) is 6.18. The van der Waals surface area contributed by atoms with Crippen molar-refractivity contribution < 1.29 is 4.74 Å². The van der Waals surface area contributed by atoms with Crippen LogP contribution in [-0.2, 0) is 0 Å². The summed E-state index contributed by atoms with van der Waals surface area (Å²) in [5.41, 5.74) is 8.86. The lowest BCUT2D eigenvalue weighted by molar-refractivity contribution is 0.415. The van der Waals surface area contributed by atoms with Crippen molar-refractivity contribution in [2.24, 2.45) is 5.10 Å². The number of aromatic amines is 1. The zero-order valence-corrected chi connectivity index (χ0v) is 16.1. The van der Waals surface area contributed by atoms with Crippen LogP contribution in [0.4, 0.5) is 5.13 Å². The van der Waals surface area contributed by atoms with E-state index in [2.05, 4.69) is 38.5 Å². The SMILES string of the molecule is COc1ccc(-c2csc(N/N=C(\C)c3nc4ccc(C)cc4[nH]3)n2)cc1. The van der Waals surface area contributed by atoms with Gasteiger partial charge in [0.15, 0.2) is 5.82 Å². The Morgan fingerprint density at radius 2 is 1.96 bits per heavy atom. The Kier molecular flexibility index (Phi) is 4.60. The number of hydrogen-bond acceptors (Lipinski definition) is 6. The second-order valence-corrected chi connectivity index (χ2v) is 7.04. The summed E-state index contributed by atoms with van der Waals surface area (Å²) in [6.45, 7) is 3.97. The van der Waals surface area contributed by atoms with E-state index in [4.69, 9.17) is 4.74 Å². The highest BCUT2D eigenvalue weighted by Crippen LogP contribution is 2.26. The lowest BCUT2D eigenvalue weighted by Crippen LogP contribution is -2.01. The van der Waals surface area contributed by atoms with Gasteiger partial charge < -0.3 is 9.72 Å². The number of H-pyrrole nitrogens is 1. The van der Waals surface area contributed by atoms with Gasteiger partial charge in [-0.3, -0.25) is 5.43 Å². The first-order valence-electron chi connectivity index (χ1n) is 8.49. The normalized spacial score (nSPS) is 11.7. The molecular formula is C20H19N5OS. The molecule has 136 valence electrons. The number of aromatic nitrogens is 3. The van der Waals surface area contributed by atoms with Crippen molar-refractivity contribution in [1.29, 1.82) is 0 Å². The minimum Gasteiger partial charge on any atom is -0.497 e. The number of methoxy groups -OCH3 is 1. The summed E-state index contributed by atoms with van der Waals surface area (Å²) in [7, 11) is 1.66. The van der Waals surface area contributed by atoms with Crippen LogP contribution in [-0.4, -0.2) is 27.8 Å². The maximum absolute atomic E-state index is 5.19. The molecule has 2 N–H and O–H groups in total. The van der Waals surface area contributed by atoms with Gasteiger partial charge in [-0.25, -0.2) is 9.97 Å². The van der Waals surface area contributed by atoms with Gasteiger partial charge in [0.2, 0.25) is 5.13 Å². The van der Waals surface area contributed by atoms with E-state index in [1.165, 1.54) is 16.9 Å². The smallest absolute Gasteiger partial charge is 0.203 e. The van der Waals surface area contributed by atoms with Gasteiger partial charge in [0.05, 0.1) is 23.8 Å². The number of thiazole rings is 1. The van der Waals surface area contributed by atoms with Crippen molar-refractivity contribution >= 4 is 33.2 Å². The molecule has 2 aromatic carbocycles. The Morgan fingerprint density at radius 1 is 1.15 bits per heavy atom. The molecule has 2 aromatic heterocycles. The van der Waals surface area contributed by atoms with Crippen LogP contribution in [0.2, 0.25) is 0 Å². The number of benzene rings is 2. The largest absolute Gasteiger partial charge is 0.497 e. The minimum absolute atomic E-state index is 0.729. The standard InChI is InChI=1S/C20H19N5OS/c1-12-4-9-16-17(10-12)22-19(21-16)13(2)24-25-20-23-18(11-27-20)14-5-7-15(26-3)8-6-14/h4-11H,1-3H3,(H,21,22)(H,23,25)/b24-13+. The number of rotatable bonds is 5. The number of ether oxygens (including phenoxy) is 1. The van der Waals surface area contributed by atoms with Crippen LogP contribution < -0.4 is 10.2 Å². The summed E-state index contributed by atoms with van der Waals surface area (Å²) in [6.07, 6.45) is 0. The number of aryl methyl sites for hydroxylation is 1. The van der Waals surface area contributed by atoms with Gasteiger partial charge in [0.1, 0.15) is 11.5 Å². The van der Waals surface area contributed by atoms with E-state index < -0.39 is 0 Å². The molecule has 2 heterocycles. The number of anilines is 1. The number of nitrogens with one attached hydrogen (secondary N) is 2. The van der Waals surface area contributed by atoms with Crippen molar-refractivity contribution in [3.05, 3.63) is 59.2 Å². The maximum atomic E-state index is 5.19. The van der Waals surface area contributed by atoms with Crippen molar-refractivity contribution in [2.45, 2.75) is 13.8 Å². The average molecular weight is 377 g/mol. The molecule has 0 unspecified atom stereocenters. The summed E-state index contributed by atoms with van der Waals surface area (Å²) in [5.74, 6) is 1.57. The predicted molar refractivity (Wildman–Crippen MR) is 111 cm³/mol. The third kappa shape index (κ3) is 3.68. The highest BCUT2D eigenvalue weighted by Gasteiger charge is 2.07. The van der Waals surface area contributed by atoms with Crippen LogP contribution in [0.3, 0.4) is 0 Å². The maximum Gasteiger partial charge on any atom is 0.203 e. The molecule has 0 bridgehead atoms. The molecule has 0 radical (unpaired) electrons. The molecule has 0 aliphatic carbocycles. The van der Waals surface area contributed by atoms with E-state index in [1.807, 2.05) is 48.7 Å². The van der Waals surface area contributed by atoms with Crippen LogP contribution in [0.25, 0.3) is 22.3 Å². The molecule has 0 aliphatic heterocycles. The minimum atomic E-state index is 0.729. The van der Waals surface area contributed by atoms with E-state index in [0.29, 0.717) is 0 Å². The first kappa shape index (κ1) is 17.2. The van der Waals surface area contributed by atoms with Crippen molar-refractivity contribution in [3.63, 3.8) is 0 Å². The molecule has 6 nitrogen and oxygen atoms in total. The lowest BCUT2D eigenvalue weighted by Gasteiger charge is -2.00. The number of fused-ring (bicyclic) bond motifs is 1. The number of nitrogens with zero attached hydrogens (tertiary/aromatic N) is 3. The van der Waals surface area contributed by atoms with Crippen LogP contribution in [0.5, 0.6) is 5.75 Å². The summed E-state index contributed by atoms with van der Waals surface area (Å²) in [6, 6.07) is 14.0. The fourth-order valence-corrected chi connectivity index (χ4v) is 3.36. The van der Waals surface area contributed by atoms with Gasteiger partial charge in [0, 0.05) is 10.9 Å². The Labute approximate surface area is 161 Å². The van der Waals surface area contributed by atoms with E-state index in [9.17, 15) is 0 Å². The first-order chi connectivity index (χ1) is 13.1. The summed E-state index contributed by atoms with van der Waals surface area (Å²) < 4.78 is 5.19. The lowest BCUT2D eigenvalue weighted by atomic mass is 10.2. The van der Waals surface area contributed by atoms with E-state index >= 15 is 0 Å². The molecule has 0 amide bonds. The summed E-state index contributed by atoms with van der Waals surface area (Å²) in [5, 5.41) is 7.15. The van der Waals surface area contributed by atoms with Gasteiger partial charge >= 0.3 is 0 Å². The van der Waals surface area contributed by atoms with E-state index in [-0.39, 0.29) is 0 Å². The highest BCUT2D eigenvalue weighted by molar-refractivity contribution is 7.14. The summed E-state index contributed by atoms with van der Waals surface area (Å²) in [4.78, 5) is 12.5. The molecule has 0 atom stereocenters. The van der Waals surface area contributed by atoms with Crippen molar-refractivity contribution in [1.82, 2.24) is 15.0 Å². The molecule has 0 aliphatic rings. The average Bonchev–Trinajstić information content (AvgIpc) is 3.33. The van der Waals surface area contributed by atoms with E-state index in [1.54, 1.807) is 7.11 Å². The molecule has 0 saturated heterocycles. The van der Waals surface area contributed by atoms with Crippen LogP contribution >= 0.6 is 11.3 Å². The molecule has 4 aromatic rings. The van der Waals surface area contributed by atoms with Gasteiger partial charge in [-0.1, -0.05) is 6.07 Å². The molecule has 4 rings (SSSR count). The third-order valence-corrected chi connectivity index (χ3v) is 4.94. The fourth-order valence-electron chi connectivity index (χ4n) is 2.70. The number of hydrazone groups is 1. The first-order valence-corrected chi connectivity index (χ1v) is 9.37. The molecule has 0 fully saturated rings. The highest BCUT2D eigenvalue weighted by atomic mass is 32.1. The quantitative estimate of drug-likeness (QED) is 0.385. The van der Waals surface area contributed by atoms with Crippen LogP contribution in [0, 0.1) is 6.92 Å². The van der Waals surface area contributed by atoms with Crippen molar-refractivity contribution in [3.8, 4) is 17.0 Å². The zero-order chi connectivity index (χ0) is 18.8. The number of imidazole rings is 1.